The standard InChI is InChI=1S/C18H27ClN2O2/c1-3-21(4-2)17(22)13-20-11-9-15(10-12-20)18(23)14-5-7-16(19)8-6-14/h5-8,15,18,23H,3-4,9-13H2,1-2H3. The molecule has 1 heterocycles. The molecule has 128 valence electrons. The lowest BCUT2D eigenvalue weighted by molar-refractivity contribution is -0.132. The van der Waals surface area contributed by atoms with E-state index in [2.05, 4.69) is 4.90 Å². The maximum atomic E-state index is 12.2. The van der Waals surface area contributed by atoms with Crippen molar-refractivity contribution in [1.82, 2.24) is 9.80 Å². The van der Waals surface area contributed by atoms with Crippen LogP contribution in [0.2, 0.25) is 5.02 Å². The Morgan fingerprint density at radius 3 is 2.35 bits per heavy atom. The fourth-order valence-corrected chi connectivity index (χ4v) is 3.35. The Balaban J connectivity index is 1.83. The second kappa shape index (κ2) is 8.67. The molecule has 5 heteroatoms. The molecule has 1 aromatic rings. The van der Waals surface area contributed by atoms with Crippen molar-refractivity contribution in [3.05, 3.63) is 34.9 Å². The van der Waals surface area contributed by atoms with Gasteiger partial charge in [0.05, 0.1) is 12.6 Å². The van der Waals surface area contributed by atoms with E-state index in [9.17, 15) is 9.90 Å². The smallest absolute Gasteiger partial charge is 0.236 e. The van der Waals surface area contributed by atoms with Gasteiger partial charge in [0.1, 0.15) is 0 Å². The molecular formula is C18H27ClN2O2. The second-order valence-electron chi connectivity index (χ2n) is 6.18. The third kappa shape index (κ3) is 4.93. The van der Waals surface area contributed by atoms with Gasteiger partial charge in [0.25, 0.3) is 0 Å². The number of likely N-dealkylation sites (tertiary alicyclic amines) is 1. The van der Waals surface area contributed by atoms with Crippen LogP contribution in [0.15, 0.2) is 24.3 Å². The van der Waals surface area contributed by atoms with Gasteiger partial charge in [-0.15, -0.1) is 0 Å². The highest BCUT2D eigenvalue weighted by molar-refractivity contribution is 6.30. The molecule has 2 rings (SSSR count). The molecule has 0 spiro atoms. The number of carbonyl (C=O) groups excluding carboxylic acids is 1. The Hall–Kier alpha value is -1.10. The summed E-state index contributed by atoms with van der Waals surface area (Å²) in [4.78, 5) is 16.2. The number of hydrogen-bond acceptors (Lipinski definition) is 3. The summed E-state index contributed by atoms with van der Waals surface area (Å²) < 4.78 is 0. The van der Waals surface area contributed by atoms with Crippen molar-refractivity contribution in [2.45, 2.75) is 32.8 Å². The van der Waals surface area contributed by atoms with E-state index >= 15 is 0 Å². The number of nitrogens with zero attached hydrogens (tertiary/aromatic N) is 2. The maximum Gasteiger partial charge on any atom is 0.236 e. The molecule has 1 amide bonds. The third-order valence-corrected chi connectivity index (χ3v) is 5.02. The second-order valence-corrected chi connectivity index (χ2v) is 6.61. The molecule has 1 fully saturated rings. The van der Waals surface area contributed by atoms with Crippen molar-refractivity contribution < 1.29 is 9.90 Å². The number of piperidine rings is 1. The van der Waals surface area contributed by atoms with Gasteiger partial charge >= 0.3 is 0 Å². The lowest BCUT2D eigenvalue weighted by Crippen LogP contribution is -2.44. The van der Waals surface area contributed by atoms with Crippen LogP contribution in [-0.4, -0.2) is 53.5 Å². The lowest BCUT2D eigenvalue weighted by atomic mass is 9.87. The SMILES string of the molecule is CCN(CC)C(=O)CN1CCC(C(O)c2ccc(Cl)cc2)CC1. The highest BCUT2D eigenvalue weighted by atomic mass is 35.5. The number of carbonyl (C=O) groups is 1. The molecule has 0 aromatic heterocycles. The van der Waals surface area contributed by atoms with E-state index in [1.54, 1.807) is 0 Å². The van der Waals surface area contributed by atoms with Gasteiger partial charge in [-0.25, -0.2) is 0 Å². The molecule has 4 nitrogen and oxygen atoms in total. The first kappa shape index (κ1) is 18.2. The Kier molecular flexibility index (Phi) is 6.88. The number of halogens is 1. The van der Waals surface area contributed by atoms with Gasteiger partial charge in [0, 0.05) is 18.1 Å². The summed E-state index contributed by atoms with van der Waals surface area (Å²) in [5, 5.41) is 11.2. The molecule has 0 aliphatic carbocycles. The Morgan fingerprint density at radius 1 is 1.26 bits per heavy atom. The Bertz CT molecular complexity index is 494. The average Bonchev–Trinajstić information content (AvgIpc) is 2.57. The molecule has 1 N–H and O–H groups in total. The molecule has 1 aliphatic heterocycles. The first-order valence-electron chi connectivity index (χ1n) is 8.48. The van der Waals surface area contributed by atoms with E-state index in [1.807, 2.05) is 43.0 Å². The first-order chi connectivity index (χ1) is 11.0. The van der Waals surface area contributed by atoms with Gasteiger partial charge in [0.2, 0.25) is 5.91 Å². The number of amides is 1. The van der Waals surface area contributed by atoms with Crippen LogP contribution in [0.5, 0.6) is 0 Å². The van der Waals surface area contributed by atoms with E-state index in [4.69, 9.17) is 11.6 Å². The minimum atomic E-state index is -0.451. The molecule has 1 aliphatic rings. The summed E-state index contributed by atoms with van der Waals surface area (Å²) in [5.74, 6) is 0.447. The van der Waals surface area contributed by atoms with Gasteiger partial charge < -0.3 is 10.0 Å². The zero-order valence-corrected chi connectivity index (χ0v) is 14.8. The summed E-state index contributed by atoms with van der Waals surface area (Å²) in [6, 6.07) is 7.42. The molecule has 23 heavy (non-hydrogen) atoms. The monoisotopic (exact) mass is 338 g/mol. The van der Waals surface area contributed by atoms with Crippen molar-refractivity contribution in [2.24, 2.45) is 5.92 Å². The summed E-state index contributed by atoms with van der Waals surface area (Å²) in [6.45, 7) is 7.77. The van der Waals surface area contributed by atoms with Crippen LogP contribution >= 0.6 is 11.6 Å². The van der Waals surface area contributed by atoms with Crippen LogP contribution in [0.4, 0.5) is 0 Å². The predicted molar refractivity (Wildman–Crippen MR) is 93.5 cm³/mol. The van der Waals surface area contributed by atoms with Crippen molar-refractivity contribution >= 4 is 17.5 Å². The van der Waals surface area contributed by atoms with E-state index in [0.717, 1.165) is 44.6 Å². The molecule has 0 bridgehead atoms. The molecule has 1 atom stereocenters. The number of aliphatic hydroxyl groups is 1. The third-order valence-electron chi connectivity index (χ3n) is 4.77. The summed E-state index contributed by atoms with van der Waals surface area (Å²) in [7, 11) is 0. The molecule has 0 radical (unpaired) electrons. The Labute approximate surface area is 144 Å². The van der Waals surface area contributed by atoms with Gasteiger partial charge in [-0.1, -0.05) is 23.7 Å². The minimum Gasteiger partial charge on any atom is -0.388 e. The number of likely N-dealkylation sites (N-methyl/N-ethyl adjacent to an activating group) is 1. The summed E-state index contributed by atoms with van der Waals surface area (Å²) in [6.07, 6.45) is 1.37. The van der Waals surface area contributed by atoms with Crippen LogP contribution in [0.25, 0.3) is 0 Å². The summed E-state index contributed by atoms with van der Waals surface area (Å²) in [5.41, 5.74) is 0.923. The fraction of sp³-hybridized carbons (Fsp3) is 0.611. The van der Waals surface area contributed by atoms with Gasteiger partial charge in [-0.05, 0) is 63.4 Å². The molecule has 1 saturated heterocycles. The van der Waals surface area contributed by atoms with Crippen molar-refractivity contribution in [1.29, 1.82) is 0 Å². The molecule has 1 unspecified atom stereocenters. The minimum absolute atomic E-state index is 0.201. The van der Waals surface area contributed by atoms with Crippen LogP contribution in [0.3, 0.4) is 0 Å². The molecular weight excluding hydrogens is 312 g/mol. The van der Waals surface area contributed by atoms with E-state index in [0.29, 0.717) is 11.6 Å². The quantitative estimate of drug-likeness (QED) is 0.867. The first-order valence-corrected chi connectivity index (χ1v) is 8.86. The predicted octanol–water partition coefficient (Wildman–Crippen LogP) is 2.95. The highest BCUT2D eigenvalue weighted by Crippen LogP contribution is 2.31. The van der Waals surface area contributed by atoms with Crippen LogP contribution in [-0.2, 0) is 4.79 Å². The highest BCUT2D eigenvalue weighted by Gasteiger charge is 2.27. The van der Waals surface area contributed by atoms with Gasteiger partial charge in [-0.3, -0.25) is 9.69 Å². The van der Waals surface area contributed by atoms with E-state index in [1.165, 1.54) is 0 Å². The van der Waals surface area contributed by atoms with E-state index in [-0.39, 0.29) is 11.8 Å². The topological polar surface area (TPSA) is 43.8 Å². The zero-order chi connectivity index (χ0) is 16.8. The van der Waals surface area contributed by atoms with Crippen LogP contribution < -0.4 is 0 Å². The maximum absolute atomic E-state index is 12.2. The Morgan fingerprint density at radius 2 is 1.83 bits per heavy atom. The number of hydrogen-bond donors (Lipinski definition) is 1. The summed E-state index contributed by atoms with van der Waals surface area (Å²) >= 11 is 5.89. The van der Waals surface area contributed by atoms with E-state index < -0.39 is 6.10 Å². The van der Waals surface area contributed by atoms with Crippen LogP contribution in [0, 0.1) is 5.92 Å². The largest absolute Gasteiger partial charge is 0.388 e. The van der Waals surface area contributed by atoms with Gasteiger partial charge in [0.15, 0.2) is 0 Å². The van der Waals surface area contributed by atoms with Crippen molar-refractivity contribution in [3.63, 3.8) is 0 Å². The lowest BCUT2D eigenvalue weighted by Gasteiger charge is -2.34. The molecule has 1 aromatic carbocycles. The number of benzene rings is 1. The van der Waals surface area contributed by atoms with Gasteiger partial charge in [-0.2, -0.15) is 0 Å². The average molecular weight is 339 g/mol. The van der Waals surface area contributed by atoms with Crippen molar-refractivity contribution in [3.8, 4) is 0 Å². The zero-order valence-electron chi connectivity index (χ0n) is 14.0. The molecule has 0 saturated carbocycles. The normalized spacial score (nSPS) is 17.9. The number of aliphatic hydroxyl groups excluding tert-OH is 1. The van der Waals surface area contributed by atoms with Crippen molar-refractivity contribution in [2.75, 3.05) is 32.7 Å². The number of rotatable bonds is 6. The fourth-order valence-electron chi connectivity index (χ4n) is 3.23. The van der Waals surface area contributed by atoms with Crippen LogP contribution in [0.1, 0.15) is 38.4 Å².